The first-order valence-electron chi connectivity index (χ1n) is 10.3. The van der Waals surface area contributed by atoms with E-state index in [-0.39, 0.29) is 0 Å². The van der Waals surface area contributed by atoms with Gasteiger partial charge in [-0.1, -0.05) is 18.0 Å². The zero-order chi connectivity index (χ0) is 19.5. The summed E-state index contributed by atoms with van der Waals surface area (Å²) in [6.07, 6.45) is 10.7. The maximum absolute atomic E-state index is 6.34. The van der Waals surface area contributed by atoms with Crippen molar-refractivity contribution in [3.05, 3.63) is 30.3 Å². The van der Waals surface area contributed by atoms with E-state index in [1.165, 1.54) is 12.8 Å². The lowest BCUT2D eigenvalue weighted by Gasteiger charge is -2.10. The van der Waals surface area contributed by atoms with Gasteiger partial charge in [0.1, 0.15) is 23.0 Å². The van der Waals surface area contributed by atoms with Gasteiger partial charge in [-0.2, -0.15) is 10.2 Å². The molecule has 0 radical (unpaired) electrons. The molecule has 29 heavy (non-hydrogen) atoms. The number of nitrogen functional groups attached to an aromatic ring is 1. The molecule has 4 aromatic rings. The van der Waals surface area contributed by atoms with Crippen molar-refractivity contribution in [2.75, 3.05) is 5.73 Å². The molecule has 148 valence electrons. The van der Waals surface area contributed by atoms with Crippen LogP contribution in [0.25, 0.3) is 33.5 Å². The molecule has 4 heterocycles. The molecule has 4 aromatic heterocycles. The zero-order valence-electron chi connectivity index (χ0n) is 16.4. The van der Waals surface area contributed by atoms with Gasteiger partial charge in [-0.3, -0.25) is 9.36 Å². The van der Waals surface area contributed by atoms with Crippen LogP contribution in [0.4, 0.5) is 5.82 Å². The lowest BCUT2D eigenvalue weighted by molar-refractivity contribution is 0.386. The van der Waals surface area contributed by atoms with Gasteiger partial charge >= 0.3 is 0 Å². The number of rotatable bonds is 4. The first-order chi connectivity index (χ1) is 14.2. The van der Waals surface area contributed by atoms with Gasteiger partial charge < -0.3 is 10.3 Å². The number of fused-ring (bicyclic) bond motifs is 1. The lowest BCUT2D eigenvalue weighted by atomic mass is 10.0. The predicted molar refractivity (Wildman–Crippen MR) is 109 cm³/mol. The highest BCUT2D eigenvalue weighted by Gasteiger charge is 2.35. The van der Waals surface area contributed by atoms with Gasteiger partial charge in [0.2, 0.25) is 0 Å². The minimum atomic E-state index is 0.390. The monoisotopic (exact) mass is 389 g/mol. The highest BCUT2D eigenvalue weighted by Crippen LogP contribution is 2.48. The van der Waals surface area contributed by atoms with E-state index in [9.17, 15) is 0 Å². The number of nitrogens with zero attached hydrogens (tertiary/aromatic N) is 6. The maximum atomic E-state index is 6.34. The van der Waals surface area contributed by atoms with Gasteiger partial charge in [0.15, 0.2) is 0 Å². The van der Waals surface area contributed by atoms with Crippen LogP contribution < -0.4 is 5.73 Å². The van der Waals surface area contributed by atoms with Gasteiger partial charge in [0.05, 0.1) is 28.2 Å². The Labute approximate surface area is 167 Å². The molecule has 2 fully saturated rings. The number of pyridine rings is 1. The second kappa shape index (κ2) is 6.17. The normalized spacial score (nSPS) is 17.6. The SMILES string of the molecule is Cn1ccc(-c2c(-c3nn(C4CCCC4)c4ccnc(N)c34)noc2C2CC2)n1. The molecule has 0 atom stereocenters. The van der Waals surface area contributed by atoms with E-state index in [4.69, 9.17) is 15.4 Å². The van der Waals surface area contributed by atoms with Gasteiger partial charge in [-0.15, -0.1) is 0 Å². The average Bonchev–Trinajstić information content (AvgIpc) is 3.14. The third kappa shape index (κ3) is 2.58. The van der Waals surface area contributed by atoms with Crippen molar-refractivity contribution in [3.8, 4) is 22.6 Å². The second-order valence-electron chi connectivity index (χ2n) is 8.24. The number of hydrogen-bond acceptors (Lipinski definition) is 6. The van der Waals surface area contributed by atoms with E-state index in [0.29, 0.717) is 23.5 Å². The van der Waals surface area contributed by atoms with Crippen molar-refractivity contribution in [3.63, 3.8) is 0 Å². The van der Waals surface area contributed by atoms with E-state index in [1.807, 2.05) is 25.4 Å². The van der Waals surface area contributed by atoms with Crippen LogP contribution >= 0.6 is 0 Å². The summed E-state index contributed by atoms with van der Waals surface area (Å²) < 4.78 is 9.78. The van der Waals surface area contributed by atoms with E-state index >= 15 is 0 Å². The third-order valence-corrected chi connectivity index (χ3v) is 6.18. The van der Waals surface area contributed by atoms with Crippen LogP contribution in [0, 0.1) is 0 Å². The molecule has 0 aliphatic heterocycles. The molecule has 0 bridgehead atoms. The van der Waals surface area contributed by atoms with Crippen molar-refractivity contribution in [1.29, 1.82) is 0 Å². The quantitative estimate of drug-likeness (QED) is 0.565. The highest BCUT2D eigenvalue weighted by atomic mass is 16.5. The number of hydrogen-bond donors (Lipinski definition) is 1. The van der Waals surface area contributed by atoms with E-state index in [1.54, 1.807) is 10.9 Å². The minimum absolute atomic E-state index is 0.390. The molecule has 2 aliphatic carbocycles. The van der Waals surface area contributed by atoms with Crippen molar-refractivity contribution < 1.29 is 4.52 Å². The molecule has 6 rings (SSSR count). The predicted octanol–water partition coefficient (Wildman–Crippen LogP) is 4.06. The molecule has 8 nitrogen and oxygen atoms in total. The van der Waals surface area contributed by atoms with Crippen molar-refractivity contribution in [2.45, 2.75) is 50.5 Å². The molecule has 2 N–H and O–H groups in total. The number of aryl methyl sites for hydroxylation is 1. The lowest BCUT2D eigenvalue weighted by Crippen LogP contribution is -2.06. The maximum Gasteiger partial charge on any atom is 0.149 e. The van der Waals surface area contributed by atoms with E-state index in [0.717, 1.165) is 59.3 Å². The fourth-order valence-corrected chi connectivity index (χ4v) is 4.59. The summed E-state index contributed by atoms with van der Waals surface area (Å²) >= 11 is 0. The van der Waals surface area contributed by atoms with E-state index < -0.39 is 0 Å². The molecule has 2 saturated carbocycles. The van der Waals surface area contributed by atoms with Crippen LogP contribution in [0.5, 0.6) is 0 Å². The Balaban J connectivity index is 1.61. The summed E-state index contributed by atoms with van der Waals surface area (Å²) in [5, 5.41) is 15.0. The largest absolute Gasteiger partial charge is 0.383 e. The molecule has 0 aromatic carbocycles. The fraction of sp³-hybridized carbons (Fsp3) is 0.429. The van der Waals surface area contributed by atoms with Crippen LogP contribution in [-0.2, 0) is 7.05 Å². The summed E-state index contributed by atoms with van der Waals surface area (Å²) in [5.41, 5.74) is 10.6. The van der Waals surface area contributed by atoms with Crippen LogP contribution in [0.2, 0.25) is 0 Å². The van der Waals surface area contributed by atoms with Crippen LogP contribution in [0.15, 0.2) is 29.0 Å². The van der Waals surface area contributed by atoms with Crippen molar-refractivity contribution >= 4 is 16.7 Å². The summed E-state index contributed by atoms with van der Waals surface area (Å²) in [6, 6.07) is 4.39. The highest BCUT2D eigenvalue weighted by molar-refractivity contribution is 6.02. The van der Waals surface area contributed by atoms with Gasteiger partial charge in [0.25, 0.3) is 0 Å². The standard InChI is InChI=1S/C21H23N7O/c1-27-11-9-14(24-27)16-19(26-29-20(16)12-6-7-12)18-17-15(8-10-23-21(17)22)28(25-18)13-4-2-3-5-13/h8-13H,2-7H2,1H3,(H2,22,23). The Kier molecular flexibility index (Phi) is 3.57. The smallest absolute Gasteiger partial charge is 0.149 e. The third-order valence-electron chi connectivity index (χ3n) is 6.18. The molecule has 8 heteroatoms. The number of nitrogens with two attached hydrogens (primary N) is 1. The molecular formula is C21H23N7O. The molecule has 0 unspecified atom stereocenters. The van der Waals surface area contributed by atoms with Gasteiger partial charge in [-0.25, -0.2) is 4.98 Å². The number of anilines is 1. The van der Waals surface area contributed by atoms with Crippen LogP contribution in [0.3, 0.4) is 0 Å². The van der Waals surface area contributed by atoms with E-state index in [2.05, 4.69) is 19.9 Å². The first kappa shape index (κ1) is 16.8. The molecule has 0 amide bonds. The number of aromatic nitrogens is 6. The zero-order valence-corrected chi connectivity index (χ0v) is 16.4. The van der Waals surface area contributed by atoms with Crippen LogP contribution in [0.1, 0.15) is 56.2 Å². The minimum Gasteiger partial charge on any atom is -0.383 e. The van der Waals surface area contributed by atoms with Crippen molar-refractivity contribution in [1.82, 2.24) is 29.7 Å². The van der Waals surface area contributed by atoms with Gasteiger partial charge in [-0.05, 0) is 37.8 Å². The Morgan fingerprint density at radius 3 is 2.62 bits per heavy atom. The van der Waals surface area contributed by atoms with Gasteiger partial charge in [0, 0.05) is 25.4 Å². The Hall–Kier alpha value is -3.16. The molecule has 0 spiro atoms. The first-order valence-corrected chi connectivity index (χ1v) is 10.3. The van der Waals surface area contributed by atoms with Crippen molar-refractivity contribution in [2.24, 2.45) is 7.05 Å². The van der Waals surface area contributed by atoms with Crippen LogP contribution in [-0.4, -0.2) is 29.7 Å². The summed E-state index contributed by atoms with van der Waals surface area (Å²) in [6.45, 7) is 0. The Morgan fingerprint density at radius 1 is 1.07 bits per heavy atom. The molecule has 0 saturated heterocycles. The molecular weight excluding hydrogens is 366 g/mol. The summed E-state index contributed by atoms with van der Waals surface area (Å²) in [7, 11) is 1.92. The second-order valence-corrected chi connectivity index (χ2v) is 8.24. The molecule has 2 aliphatic rings. The topological polar surface area (TPSA) is 101 Å². The fourth-order valence-electron chi connectivity index (χ4n) is 4.59. The Bertz CT molecular complexity index is 1210. The summed E-state index contributed by atoms with van der Waals surface area (Å²) in [4.78, 5) is 4.34. The average molecular weight is 389 g/mol. The summed E-state index contributed by atoms with van der Waals surface area (Å²) in [5.74, 6) is 1.79. The Morgan fingerprint density at radius 2 is 1.90 bits per heavy atom.